The normalized spacial score (nSPS) is 13.0. The van der Waals surface area contributed by atoms with Crippen LogP contribution in [-0.4, -0.2) is 29.9 Å². The van der Waals surface area contributed by atoms with Crippen molar-refractivity contribution in [3.05, 3.63) is 18.2 Å². The van der Waals surface area contributed by atoms with Crippen LogP contribution < -0.4 is 10.5 Å². The van der Waals surface area contributed by atoms with Crippen LogP contribution in [0, 0.1) is 5.92 Å². The third-order valence-corrected chi connectivity index (χ3v) is 3.61. The number of para-hydroxylation sites is 1. The summed E-state index contributed by atoms with van der Waals surface area (Å²) in [4.78, 5) is 4.51. The number of benzene rings is 1. The Morgan fingerprint density at radius 2 is 2.10 bits per heavy atom. The minimum atomic E-state index is 0.154. The van der Waals surface area contributed by atoms with E-state index in [4.69, 9.17) is 15.2 Å². The molecule has 2 aromatic rings. The molecule has 0 spiro atoms. The molecule has 0 fully saturated rings. The summed E-state index contributed by atoms with van der Waals surface area (Å²) < 4.78 is 13.2. The monoisotopic (exact) mass is 291 g/mol. The average Bonchev–Trinajstić information content (AvgIpc) is 2.79. The van der Waals surface area contributed by atoms with Gasteiger partial charge in [-0.25, -0.2) is 4.98 Å². The average molecular weight is 291 g/mol. The van der Waals surface area contributed by atoms with Crippen LogP contribution in [0.25, 0.3) is 11.0 Å². The summed E-state index contributed by atoms with van der Waals surface area (Å²) in [6, 6.07) is 6.11. The van der Waals surface area contributed by atoms with Gasteiger partial charge in [0.15, 0.2) is 0 Å². The Hall–Kier alpha value is -1.75. The van der Waals surface area contributed by atoms with Crippen LogP contribution in [0.4, 0.5) is 5.95 Å². The molecule has 0 amide bonds. The Morgan fingerprint density at radius 1 is 1.33 bits per heavy atom. The van der Waals surface area contributed by atoms with Gasteiger partial charge in [0.2, 0.25) is 5.95 Å². The summed E-state index contributed by atoms with van der Waals surface area (Å²) in [6.45, 7) is 7.68. The highest BCUT2D eigenvalue weighted by Crippen LogP contribution is 2.32. The Kier molecular flexibility index (Phi) is 5.07. The third kappa shape index (κ3) is 3.13. The lowest BCUT2D eigenvalue weighted by molar-refractivity contribution is 0.136. The quantitative estimate of drug-likeness (QED) is 0.850. The molecule has 0 aliphatic rings. The molecular formula is C16H25N3O2. The smallest absolute Gasteiger partial charge is 0.201 e. The third-order valence-electron chi connectivity index (χ3n) is 3.61. The van der Waals surface area contributed by atoms with Crippen LogP contribution in [0.2, 0.25) is 0 Å². The first kappa shape index (κ1) is 15.6. The molecule has 0 aliphatic carbocycles. The second-order valence-electron chi connectivity index (χ2n) is 5.58. The van der Waals surface area contributed by atoms with Crippen molar-refractivity contribution in [2.45, 2.75) is 33.2 Å². The first-order chi connectivity index (χ1) is 10.1. The molecule has 1 atom stereocenters. The van der Waals surface area contributed by atoms with E-state index in [0.29, 0.717) is 25.1 Å². The maximum absolute atomic E-state index is 6.16. The lowest BCUT2D eigenvalue weighted by Gasteiger charge is -2.23. The van der Waals surface area contributed by atoms with Gasteiger partial charge in [0.25, 0.3) is 0 Å². The number of nitrogens with zero attached hydrogens (tertiary/aromatic N) is 2. The number of ether oxygens (including phenoxy) is 2. The molecule has 0 saturated heterocycles. The summed E-state index contributed by atoms with van der Waals surface area (Å²) >= 11 is 0. The standard InChI is InChI=1S/C16H25N3O2/c1-5-9-21-14-8-6-7-12-15(14)18-16(17)19(12)13(10-20-4)11(2)3/h6-8,11,13H,5,9-10H2,1-4H3,(H2,17,18). The maximum atomic E-state index is 6.16. The van der Waals surface area contributed by atoms with Gasteiger partial charge < -0.3 is 19.8 Å². The molecule has 5 heteroatoms. The van der Waals surface area contributed by atoms with Crippen molar-refractivity contribution in [1.82, 2.24) is 9.55 Å². The van der Waals surface area contributed by atoms with E-state index in [1.807, 2.05) is 18.2 Å². The minimum absolute atomic E-state index is 0.154. The summed E-state index contributed by atoms with van der Waals surface area (Å²) in [6.07, 6.45) is 0.963. The maximum Gasteiger partial charge on any atom is 0.201 e. The molecular weight excluding hydrogens is 266 g/mol. The number of nitrogens with two attached hydrogens (primary N) is 1. The number of aromatic nitrogens is 2. The van der Waals surface area contributed by atoms with Crippen molar-refractivity contribution in [3.8, 4) is 5.75 Å². The van der Waals surface area contributed by atoms with Gasteiger partial charge in [-0.05, 0) is 24.5 Å². The molecule has 2 N–H and O–H groups in total. The van der Waals surface area contributed by atoms with E-state index in [1.54, 1.807) is 7.11 Å². The fourth-order valence-corrected chi connectivity index (χ4v) is 2.52. The minimum Gasteiger partial charge on any atom is -0.491 e. The van der Waals surface area contributed by atoms with Gasteiger partial charge in [-0.3, -0.25) is 0 Å². The van der Waals surface area contributed by atoms with Crippen molar-refractivity contribution in [2.24, 2.45) is 5.92 Å². The van der Waals surface area contributed by atoms with Crippen molar-refractivity contribution < 1.29 is 9.47 Å². The van der Waals surface area contributed by atoms with Crippen LogP contribution in [0.15, 0.2) is 18.2 Å². The largest absolute Gasteiger partial charge is 0.491 e. The summed E-state index contributed by atoms with van der Waals surface area (Å²) in [5, 5.41) is 0. The van der Waals surface area contributed by atoms with Crippen molar-refractivity contribution in [1.29, 1.82) is 0 Å². The first-order valence-corrected chi connectivity index (χ1v) is 7.48. The first-order valence-electron chi connectivity index (χ1n) is 7.48. The lowest BCUT2D eigenvalue weighted by atomic mass is 10.0. The van der Waals surface area contributed by atoms with Gasteiger partial charge in [-0.15, -0.1) is 0 Å². The molecule has 1 aromatic heterocycles. The number of rotatable bonds is 7. The second-order valence-corrected chi connectivity index (χ2v) is 5.58. The fraction of sp³-hybridized carbons (Fsp3) is 0.562. The predicted octanol–water partition coefficient (Wildman–Crippen LogP) is 3.25. The van der Waals surface area contributed by atoms with E-state index in [1.165, 1.54) is 0 Å². The Bertz CT molecular complexity index is 592. The van der Waals surface area contributed by atoms with Gasteiger partial charge >= 0.3 is 0 Å². The van der Waals surface area contributed by atoms with E-state index in [2.05, 4.69) is 30.3 Å². The summed E-state index contributed by atoms with van der Waals surface area (Å²) in [7, 11) is 1.71. The van der Waals surface area contributed by atoms with Crippen LogP contribution in [0.3, 0.4) is 0 Å². The van der Waals surface area contributed by atoms with Gasteiger partial charge in [0.1, 0.15) is 11.3 Å². The van der Waals surface area contributed by atoms with Crippen LogP contribution in [0.5, 0.6) is 5.75 Å². The number of nitrogen functional groups attached to an aromatic ring is 1. The number of anilines is 1. The van der Waals surface area contributed by atoms with Gasteiger partial charge in [0, 0.05) is 7.11 Å². The topological polar surface area (TPSA) is 62.3 Å². The molecule has 1 aromatic carbocycles. The highest BCUT2D eigenvalue weighted by atomic mass is 16.5. The van der Waals surface area contributed by atoms with Crippen LogP contribution in [-0.2, 0) is 4.74 Å². The molecule has 2 rings (SSSR count). The van der Waals surface area contributed by atoms with Gasteiger partial charge in [-0.2, -0.15) is 0 Å². The van der Waals surface area contributed by atoms with Crippen molar-refractivity contribution in [3.63, 3.8) is 0 Å². The Morgan fingerprint density at radius 3 is 2.71 bits per heavy atom. The van der Waals surface area contributed by atoms with E-state index in [9.17, 15) is 0 Å². The van der Waals surface area contributed by atoms with E-state index >= 15 is 0 Å². The van der Waals surface area contributed by atoms with Crippen LogP contribution >= 0.6 is 0 Å². The van der Waals surface area contributed by atoms with Crippen molar-refractivity contribution in [2.75, 3.05) is 26.1 Å². The molecule has 116 valence electrons. The molecule has 5 nitrogen and oxygen atoms in total. The van der Waals surface area contributed by atoms with Gasteiger partial charge in [-0.1, -0.05) is 26.8 Å². The second kappa shape index (κ2) is 6.80. The predicted molar refractivity (Wildman–Crippen MR) is 85.7 cm³/mol. The molecule has 21 heavy (non-hydrogen) atoms. The number of imidazole rings is 1. The molecule has 0 radical (unpaired) electrons. The Labute approximate surface area is 126 Å². The molecule has 0 aliphatic heterocycles. The fourth-order valence-electron chi connectivity index (χ4n) is 2.52. The molecule has 0 bridgehead atoms. The van der Waals surface area contributed by atoms with Crippen molar-refractivity contribution >= 4 is 17.0 Å². The molecule has 1 heterocycles. The zero-order valence-corrected chi connectivity index (χ0v) is 13.3. The zero-order chi connectivity index (χ0) is 15.4. The Balaban J connectivity index is 2.51. The molecule has 1 unspecified atom stereocenters. The lowest BCUT2D eigenvalue weighted by Crippen LogP contribution is -2.21. The van der Waals surface area contributed by atoms with Gasteiger partial charge in [0.05, 0.1) is 24.8 Å². The number of hydrogen-bond acceptors (Lipinski definition) is 4. The summed E-state index contributed by atoms with van der Waals surface area (Å²) in [5.74, 6) is 1.69. The highest BCUT2D eigenvalue weighted by Gasteiger charge is 2.22. The van der Waals surface area contributed by atoms with Crippen LogP contribution in [0.1, 0.15) is 33.2 Å². The van der Waals surface area contributed by atoms with E-state index in [0.717, 1.165) is 23.2 Å². The zero-order valence-electron chi connectivity index (χ0n) is 13.3. The number of hydrogen-bond donors (Lipinski definition) is 1. The molecule has 0 saturated carbocycles. The van der Waals surface area contributed by atoms with E-state index in [-0.39, 0.29) is 6.04 Å². The van der Waals surface area contributed by atoms with E-state index < -0.39 is 0 Å². The highest BCUT2D eigenvalue weighted by molar-refractivity contribution is 5.84. The SMILES string of the molecule is CCCOc1cccc2c1nc(N)n2C(COC)C(C)C. The summed E-state index contributed by atoms with van der Waals surface area (Å²) in [5.41, 5.74) is 7.98. The number of methoxy groups -OCH3 is 1. The number of fused-ring (bicyclic) bond motifs is 1.